The van der Waals surface area contributed by atoms with E-state index in [-0.39, 0.29) is 39.4 Å². The molecule has 0 spiro atoms. The Kier molecular flexibility index (Phi) is 6.81. The highest BCUT2D eigenvalue weighted by atomic mass is 32.2. The van der Waals surface area contributed by atoms with Gasteiger partial charge in [0.05, 0.1) is 31.3 Å². The van der Waals surface area contributed by atoms with Crippen LogP contribution in [0.4, 0.5) is 11.4 Å². The minimum absolute atomic E-state index is 0.0651. The normalized spacial score (nSPS) is 10.9. The smallest absolute Gasteiger partial charge is 0.243 e. The van der Waals surface area contributed by atoms with Crippen molar-refractivity contribution in [2.24, 2.45) is 0 Å². The Balaban J connectivity index is 1.93. The first-order valence-electron chi connectivity index (χ1n) is 9.52. The fourth-order valence-electron chi connectivity index (χ4n) is 3.04. The van der Waals surface area contributed by atoms with Crippen molar-refractivity contribution in [1.29, 1.82) is 0 Å². The largest absolute Gasteiger partial charge is 0.493 e. The van der Waals surface area contributed by atoms with Crippen molar-refractivity contribution in [1.82, 2.24) is 0 Å². The number of aryl methyl sites for hydroxylation is 1. The maximum Gasteiger partial charge on any atom is 0.243 e. The molecule has 0 radical (unpaired) electrons. The molecule has 0 heterocycles. The molecule has 0 aliphatic carbocycles. The Labute approximate surface area is 181 Å². The molecular formula is C23H24N2O5S. The predicted octanol–water partition coefficient (Wildman–Crippen LogP) is 3.90. The number of benzene rings is 3. The lowest BCUT2D eigenvalue weighted by molar-refractivity contribution is -0.114. The molecule has 0 saturated heterocycles. The molecule has 3 rings (SSSR count). The second kappa shape index (κ2) is 9.53. The van der Waals surface area contributed by atoms with Gasteiger partial charge in [-0.05, 0) is 43.3 Å². The van der Waals surface area contributed by atoms with E-state index in [1.807, 2.05) is 19.1 Å². The molecule has 2 N–H and O–H groups in total. The van der Waals surface area contributed by atoms with Gasteiger partial charge in [0, 0.05) is 5.69 Å². The number of nitrogens with one attached hydrogen (secondary N) is 2. The highest BCUT2D eigenvalue weighted by molar-refractivity contribution is 7.91. The highest BCUT2D eigenvalue weighted by Gasteiger charge is 2.28. The summed E-state index contributed by atoms with van der Waals surface area (Å²) in [5.74, 6) is 0.0173. The standard InChI is InChI=1S/C23H24N2O5S/c1-16-9-11-17(12-10-16)25-21(26)15-24-19-13-14-20(29-2)22(30-3)23(19)31(27,28)18-7-5-4-6-8-18/h4-14,24H,15H2,1-3H3,(H,25,26). The summed E-state index contributed by atoms with van der Waals surface area (Å²) in [6.07, 6.45) is 0. The van der Waals surface area contributed by atoms with Crippen LogP contribution < -0.4 is 20.1 Å². The Morgan fingerprint density at radius 3 is 2.19 bits per heavy atom. The van der Waals surface area contributed by atoms with Crippen molar-refractivity contribution >= 4 is 27.1 Å². The molecule has 0 aliphatic heterocycles. The van der Waals surface area contributed by atoms with Crippen LogP contribution in [0.15, 0.2) is 76.5 Å². The van der Waals surface area contributed by atoms with Crippen molar-refractivity contribution in [3.63, 3.8) is 0 Å². The van der Waals surface area contributed by atoms with Gasteiger partial charge in [0.15, 0.2) is 11.5 Å². The summed E-state index contributed by atoms with van der Waals surface area (Å²) in [7, 11) is -1.16. The van der Waals surface area contributed by atoms with E-state index in [9.17, 15) is 13.2 Å². The zero-order chi connectivity index (χ0) is 22.4. The van der Waals surface area contributed by atoms with E-state index in [2.05, 4.69) is 10.6 Å². The third-order valence-electron chi connectivity index (χ3n) is 4.60. The maximum absolute atomic E-state index is 13.4. The van der Waals surface area contributed by atoms with E-state index in [0.717, 1.165) is 5.56 Å². The first-order valence-corrected chi connectivity index (χ1v) is 11.0. The lowest BCUT2D eigenvalue weighted by Crippen LogP contribution is -2.22. The van der Waals surface area contributed by atoms with Gasteiger partial charge in [0.1, 0.15) is 4.90 Å². The SMILES string of the molecule is COc1ccc(NCC(=O)Nc2ccc(C)cc2)c(S(=O)(=O)c2ccccc2)c1OC. The van der Waals surface area contributed by atoms with Crippen molar-refractivity contribution in [3.8, 4) is 11.5 Å². The van der Waals surface area contributed by atoms with Gasteiger partial charge >= 0.3 is 0 Å². The lowest BCUT2D eigenvalue weighted by Gasteiger charge is -2.18. The van der Waals surface area contributed by atoms with Crippen molar-refractivity contribution in [2.75, 3.05) is 31.4 Å². The molecule has 0 aromatic heterocycles. The molecule has 1 amide bonds. The van der Waals surface area contributed by atoms with Crippen LogP contribution in [-0.2, 0) is 14.6 Å². The first kappa shape index (κ1) is 22.2. The molecule has 0 saturated carbocycles. The summed E-state index contributed by atoms with van der Waals surface area (Å²) < 4.78 is 37.5. The number of hydrogen-bond donors (Lipinski definition) is 2. The van der Waals surface area contributed by atoms with Crippen molar-refractivity contribution in [3.05, 3.63) is 72.3 Å². The number of anilines is 2. The van der Waals surface area contributed by atoms with Crippen LogP contribution in [0, 0.1) is 6.92 Å². The third kappa shape index (κ3) is 4.97. The summed E-state index contributed by atoms with van der Waals surface area (Å²) in [5.41, 5.74) is 1.97. The molecule has 162 valence electrons. The second-order valence-corrected chi connectivity index (χ2v) is 8.65. The third-order valence-corrected chi connectivity index (χ3v) is 6.43. The molecule has 0 aliphatic rings. The topological polar surface area (TPSA) is 93.7 Å². The number of sulfone groups is 1. The molecule has 31 heavy (non-hydrogen) atoms. The minimum Gasteiger partial charge on any atom is -0.493 e. The average Bonchev–Trinajstić information content (AvgIpc) is 2.79. The molecule has 8 heteroatoms. The number of amides is 1. The number of carbonyl (C=O) groups excluding carboxylic acids is 1. The van der Waals surface area contributed by atoms with Crippen molar-refractivity contribution in [2.45, 2.75) is 16.7 Å². The van der Waals surface area contributed by atoms with Gasteiger partial charge in [-0.1, -0.05) is 35.9 Å². The van der Waals surface area contributed by atoms with Crippen LogP contribution >= 0.6 is 0 Å². The fourth-order valence-corrected chi connectivity index (χ4v) is 4.65. The van der Waals surface area contributed by atoms with Crippen molar-refractivity contribution < 1.29 is 22.7 Å². The number of hydrogen-bond acceptors (Lipinski definition) is 6. The van der Waals surface area contributed by atoms with E-state index in [1.165, 1.54) is 26.4 Å². The quantitative estimate of drug-likeness (QED) is 0.552. The van der Waals surface area contributed by atoms with E-state index >= 15 is 0 Å². The Morgan fingerprint density at radius 1 is 0.903 bits per heavy atom. The number of carbonyl (C=O) groups is 1. The Hall–Kier alpha value is -3.52. The molecule has 0 unspecified atom stereocenters. The second-order valence-electron chi connectivity index (χ2n) is 6.76. The summed E-state index contributed by atoms with van der Waals surface area (Å²) in [5, 5.41) is 5.69. The minimum atomic E-state index is -3.96. The predicted molar refractivity (Wildman–Crippen MR) is 120 cm³/mol. The van der Waals surface area contributed by atoms with E-state index in [4.69, 9.17) is 9.47 Å². The van der Waals surface area contributed by atoms with Gasteiger partial charge < -0.3 is 20.1 Å². The Morgan fingerprint density at radius 2 is 1.58 bits per heavy atom. The number of rotatable bonds is 8. The Bertz CT molecular complexity index is 1160. The van der Waals surface area contributed by atoms with E-state index in [1.54, 1.807) is 42.5 Å². The molecule has 7 nitrogen and oxygen atoms in total. The zero-order valence-corrected chi connectivity index (χ0v) is 18.3. The van der Waals surface area contributed by atoms with Gasteiger partial charge in [-0.3, -0.25) is 4.79 Å². The van der Waals surface area contributed by atoms with Crippen LogP contribution in [0.25, 0.3) is 0 Å². The fraction of sp³-hybridized carbons (Fsp3) is 0.174. The number of methoxy groups -OCH3 is 2. The summed E-state index contributed by atoms with van der Waals surface area (Å²) in [6.45, 7) is 1.82. The van der Waals surface area contributed by atoms with Gasteiger partial charge in [-0.2, -0.15) is 0 Å². The average molecular weight is 441 g/mol. The molecule has 3 aromatic rings. The van der Waals surface area contributed by atoms with E-state index < -0.39 is 9.84 Å². The summed E-state index contributed by atoms with van der Waals surface area (Å²) >= 11 is 0. The van der Waals surface area contributed by atoms with Gasteiger partial charge in [-0.15, -0.1) is 0 Å². The van der Waals surface area contributed by atoms with Crippen LogP contribution in [0.1, 0.15) is 5.56 Å². The van der Waals surface area contributed by atoms with Gasteiger partial charge in [-0.25, -0.2) is 8.42 Å². The van der Waals surface area contributed by atoms with Crippen LogP contribution in [0.2, 0.25) is 0 Å². The molecule has 0 atom stereocenters. The molecular weight excluding hydrogens is 416 g/mol. The van der Waals surface area contributed by atoms with Crippen LogP contribution in [0.3, 0.4) is 0 Å². The highest BCUT2D eigenvalue weighted by Crippen LogP contribution is 2.42. The monoisotopic (exact) mass is 440 g/mol. The first-order chi connectivity index (χ1) is 14.9. The maximum atomic E-state index is 13.4. The van der Waals surface area contributed by atoms with Crippen LogP contribution in [0.5, 0.6) is 11.5 Å². The molecule has 0 fully saturated rings. The van der Waals surface area contributed by atoms with Gasteiger partial charge in [0.25, 0.3) is 0 Å². The van der Waals surface area contributed by atoms with Crippen LogP contribution in [-0.4, -0.2) is 35.1 Å². The molecule has 0 bridgehead atoms. The summed E-state index contributed by atoms with van der Waals surface area (Å²) in [6, 6.07) is 18.5. The molecule has 3 aromatic carbocycles. The van der Waals surface area contributed by atoms with Gasteiger partial charge in [0.2, 0.25) is 15.7 Å². The van der Waals surface area contributed by atoms with E-state index in [0.29, 0.717) is 5.69 Å². The lowest BCUT2D eigenvalue weighted by atomic mass is 10.2. The summed E-state index contributed by atoms with van der Waals surface area (Å²) in [4.78, 5) is 12.4. The zero-order valence-electron chi connectivity index (χ0n) is 17.5. The number of ether oxygens (including phenoxy) is 2.